The van der Waals surface area contributed by atoms with Crippen molar-refractivity contribution in [2.45, 2.75) is 19.3 Å². The first-order chi connectivity index (χ1) is 10.2. The van der Waals surface area contributed by atoms with Crippen LogP contribution in [-0.2, 0) is 6.42 Å². The average Bonchev–Trinajstić information content (AvgIpc) is 2.88. The zero-order valence-corrected chi connectivity index (χ0v) is 12.2. The number of carbonyl (C=O) groups excluding carboxylic acids is 1. The van der Waals surface area contributed by atoms with Crippen molar-refractivity contribution >= 4 is 28.9 Å². The lowest BCUT2D eigenvalue weighted by molar-refractivity contribution is 0.0702. The number of thiophene rings is 1. The molecule has 1 aliphatic heterocycles. The minimum absolute atomic E-state index is 0.109. The van der Waals surface area contributed by atoms with Gasteiger partial charge < -0.3 is 10.0 Å². The third-order valence-electron chi connectivity index (χ3n) is 3.63. The first kappa shape index (κ1) is 13.8. The summed E-state index contributed by atoms with van der Waals surface area (Å²) in [6.45, 7) is 0.677. The van der Waals surface area contributed by atoms with Crippen LogP contribution in [0, 0.1) is 0 Å². The number of hydrogen-bond acceptors (Lipinski definition) is 3. The van der Waals surface area contributed by atoms with Crippen LogP contribution in [0.3, 0.4) is 0 Å². The smallest absolute Gasteiger partial charge is 0.345 e. The molecule has 0 atom stereocenters. The van der Waals surface area contributed by atoms with Crippen molar-refractivity contribution in [1.29, 1.82) is 0 Å². The quantitative estimate of drug-likeness (QED) is 0.924. The Bertz CT molecular complexity index is 692. The number of carbonyl (C=O) groups is 2. The van der Waals surface area contributed by atoms with Crippen LogP contribution in [0.25, 0.3) is 0 Å². The Morgan fingerprint density at radius 2 is 1.81 bits per heavy atom. The summed E-state index contributed by atoms with van der Waals surface area (Å²) in [5, 5.41) is 8.98. The molecule has 1 N–H and O–H groups in total. The van der Waals surface area contributed by atoms with Gasteiger partial charge in [-0.3, -0.25) is 4.79 Å². The molecule has 3 rings (SSSR count). The SMILES string of the molecule is O=C(O)c1ccc(C(=O)N2CCCCc3ccccc32)s1. The molecule has 5 heteroatoms. The highest BCUT2D eigenvalue weighted by molar-refractivity contribution is 7.16. The van der Waals surface area contributed by atoms with Gasteiger partial charge in [0.15, 0.2) is 0 Å². The van der Waals surface area contributed by atoms with Crippen LogP contribution < -0.4 is 4.90 Å². The van der Waals surface area contributed by atoms with E-state index >= 15 is 0 Å². The minimum atomic E-state index is -0.990. The Kier molecular flexibility index (Phi) is 3.75. The first-order valence-electron chi connectivity index (χ1n) is 6.90. The standard InChI is InChI=1S/C16H15NO3S/c18-15(13-8-9-14(21-13)16(19)20)17-10-4-3-6-11-5-1-2-7-12(11)17/h1-2,5,7-9H,3-4,6,10H2,(H,19,20). The third kappa shape index (κ3) is 2.69. The molecule has 1 aliphatic rings. The molecule has 108 valence electrons. The molecule has 0 radical (unpaired) electrons. The van der Waals surface area contributed by atoms with Crippen molar-refractivity contribution in [3.63, 3.8) is 0 Å². The molecule has 0 aliphatic carbocycles. The van der Waals surface area contributed by atoms with Crippen molar-refractivity contribution in [3.05, 3.63) is 51.7 Å². The van der Waals surface area contributed by atoms with Gasteiger partial charge in [-0.15, -0.1) is 11.3 Å². The third-order valence-corrected chi connectivity index (χ3v) is 4.69. The molecule has 4 nitrogen and oxygen atoms in total. The number of carboxylic acids is 1. The summed E-state index contributed by atoms with van der Waals surface area (Å²) in [4.78, 5) is 26.1. The lowest BCUT2D eigenvalue weighted by Gasteiger charge is -2.22. The highest BCUT2D eigenvalue weighted by Gasteiger charge is 2.23. The van der Waals surface area contributed by atoms with E-state index < -0.39 is 5.97 Å². The van der Waals surface area contributed by atoms with E-state index in [1.165, 1.54) is 11.6 Å². The molecular formula is C16H15NO3S. The fourth-order valence-electron chi connectivity index (χ4n) is 2.60. The van der Waals surface area contributed by atoms with Gasteiger partial charge in [0.1, 0.15) is 4.88 Å². The molecule has 1 amide bonds. The van der Waals surface area contributed by atoms with E-state index in [2.05, 4.69) is 6.07 Å². The van der Waals surface area contributed by atoms with Crippen molar-refractivity contribution in [2.75, 3.05) is 11.4 Å². The number of rotatable bonds is 2. The maximum atomic E-state index is 12.7. The van der Waals surface area contributed by atoms with E-state index in [0.717, 1.165) is 36.3 Å². The van der Waals surface area contributed by atoms with Crippen LogP contribution in [0.1, 0.15) is 37.7 Å². The minimum Gasteiger partial charge on any atom is -0.477 e. The predicted octanol–water partition coefficient (Wildman–Crippen LogP) is 3.43. The zero-order valence-electron chi connectivity index (χ0n) is 11.4. The van der Waals surface area contributed by atoms with Crippen LogP contribution in [0.15, 0.2) is 36.4 Å². The number of nitrogens with zero attached hydrogens (tertiary/aromatic N) is 1. The van der Waals surface area contributed by atoms with Gasteiger partial charge >= 0.3 is 5.97 Å². The summed E-state index contributed by atoms with van der Waals surface area (Å²) in [7, 11) is 0. The van der Waals surface area contributed by atoms with E-state index in [1.807, 2.05) is 18.2 Å². The Morgan fingerprint density at radius 3 is 2.57 bits per heavy atom. The van der Waals surface area contributed by atoms with Crippen LogP contribution in [0.2, 0.25) is 0 Å². The molecule has 1 aromatic heterocycles. The average molecular weight is 301 g/mol. The lowest BCUT2D eigenvalue weighted by Crippen LogP contribution is -2.31. The summed E-state index contributed by atoms with van der Waals surface area (Å²) in [5.74, 6) is -1.10. The fourth-order valence-corrected chi connectivity index (χ4v) is 3.40. The number of fused-ring (bicyclic) bond motifs is 1. The molecule has 0 fully saturated rings. The number of carboxylic acid groups (broad SMARTS) is 1. The fraction of sp³-hybridized carbons (Fsp3) is 0.250. The van der Waals surface area contributed by atoms with Gasteiger partial charge in [-0.25, -0.2) is 4.79 Å². The zero-order chi connectivity index (χ0) is 14.8. The van der Waals surface area contributed by atoms with E-state index in [9.17, 15) is 9.59 Å². The normalized spacial score (nSPS) is 14.4. The topological polar surface area (TPSA) is 57.6 Å². The number of aryl methyl sites for hydroxylation is 1. The maximum absolute atomic E-state index is 12.7. The van der Waals surface area contributed by atoms with E-state index in [1.54, 1.807) is 11.0 Å². The molecule has 0 unspecified atom stereocenters. The highest BCUT2D eigenvalue weighted by atomic mass is 32.1. The molecule has 2 heterocycles. The number of benzene rings is 1. The molecule has 21 heavy (non-hydrogen) atoms. The van der Waals surface area contributed by atoms with Gasteiger partial charge in [0, 0.05) is 12.2 Å². The second kappa shape index (κ2) is 5.69. The lowest BCUT2D eigenvalue weighted by atomic mass is 10.1. The van der Waals surface area contributed by atoms with Gasteiger partial charge in [0.25, 0.3) is 5.91 Å². The van der Waals surface area contributed by atoms with E-state index in [-0.39, 0.29) is 10.8 Å². The highest BCUT2D eigenvalue weighted by Crippen LogP contribution is 2.29. The molecular weight excluding hydrogens is 286 g/mol. The van der Waals surface area contributed by atoms with Crippen LogP contribution in [0.4, 0.5) is 5.69 Å². The number of amides is 1. The molecule has 1 aromatic carbocycles. The molecule has 0 spiro atoms. The van der Waals surface area contributed by atoms with Gasteiger partial charge in [0.05, 0.1) is 4.88 Å². The van der Waals surface area contributed by atoms with E-state index in [0.29, 0.717) is 11.4 Å². The summed E-state index contributed by atoms with van der Waals surface area (Å²) < 4.78 is 0. The maximum Gasteiger partial charge on any atom is 0.345 e. The molecule has 0 saturated heterocycles. The summed E-state index contributed by atoms with van der Waals surface area (Å²) >= 11 is 1.03. The van der Waals surface area contributed by atoms with Gasteiger partial charge in [-0.05, 0) is 43.0 Å². The largest absolute Gasteiger partial charge is 0.477 e. The van der Waals surface area contributed by atoms with Crippen LogP contribution in [-0.4, -0.2) is 23.5 Å². The summed E-state index contributed by atoms with van der Waals surface area (Å²) in [5.41, 5.74) is 2.13. The van der Waals surface area contributed by atoms with Crippen molar-refractivity contribution in [1.82, 2.24) is 0 Å². The monoisotopic (exact) mass is 301 g/mol. The predicted molar refractivity (Wildman–Crippen MR) is 82.3 cm³/mol. The number of aromatic carboxylic acids is 1. The second-order valence-corrected chi connectivity index (χ2v) is 6.10. The Hall–Kier alpha value is -2.14. The summed E-state index contributed by atoms with van der Waals surface area (Å²) in [6.07, 6.45) is 2.99. The van der Waals surface area contributed by atoms with Crippen molar-refractivity contribution in [3.8, 4) is 0 Å². The Morgan fingerprint density at radius 1 is 1.05 bits per heavy atom. The van der Waals surface area contributed by atoms with Crippen molar-refractivity contribution < 1.29 is 14.7 Å². The Balaban J connectivity index is 1.95. The second-order valence-electron chi connectivity index (χ2n) is 5.01. The Labute approximate surface area is 126 Å². The van der Waals surface area contributed by atoms with Gasteiger partial charge in [0.2, 0.25) is 0 Å². The van der Waals surface area contributed by atoms with Crippen molar-refractivity contribution in [2.24, 2.45) is 0 Å². The number of anilines is 1. The summed E-state index contributed by atoms with van der Waals surface area (Å²) in [6, 6.07) is 11.0. The van der Waals surface area contributed by atoms with Crippen LogP contribution >= 0.6 is 11.3 Å². The molecule has 0 bridgehead atoms. The number of para-hydroxylation sites is 1. The van der Waals surface area contributed by atoms with E-state index in [4.69, 9.17) is 5.11 Å². The van der Waals surface area contributed by atoms with Crippen LogP contribution in [0.5, 0.6) is 0 Å². The van der Waals surface area contributed by atoms with Gasteiger partial charge in [-0.1, -0.05) is 18.2 Å². The molecule has 2 aromatic rings. The van der Waals surface area contributed by atoms with Gasteiger partial charge in [-0.2, -0.15) is 0 Å². The first-order valence-corrected chi connectivity index (χ1v) is 7.71. The molecule has 0 saturated carbocycles. The number of hydrogen-bond donors (Lipinski definition) is 1.